The van der Waals surface area contributed by atoms with E-state index in [1.807, 2.05) is 25.1 Å². The van der Waals surface area contributed by atoms with Gasteiger partial charge in [-0.05, 0) is 63.1 Å². The minimum Gasteiger partial charge on any atom is -0.466 e. The number of hydrogen-bond acceptors (Lipinski definition) is 4. The van der Waals surface area contributed by atoms with Gasteiger partial charge in [-0.15, -0.1) is 0 Å². The van der Waals surface area contributed by atoms with Crippen molar-refractivity contribution < 1.29 is 14.3 Å². The van der Waals surface area contributed by atoms with Gasteiger partial charge in [-0.1, -0.05) is 18.2 Å². The van der Waals surface area contributed by atoms with Crippen LogP contribution in [-0.2, 0) is 19.7 Å². The van der Waals surface area contributed by atoms with Gasteiger partial charge in [-0.25, -0.2) is 0 Å². The standard InChI is InChI=1S/C21H28N2O3/c1-2-26-19(24)13-15-9-12-23(14-15)16-7-10-21(11-8-16)17-5-3-4-6-18(17)22-20(21)25/h3-6,15-16H,2,7-14H2,1H3,(H,22,25)/t15-,16?,21?/m1/s1. The molecule has 5 nitrogen and oxygen atoms in total. The number of benzene rings is 1. The smallest absolute Gasteiger partial charge is 0.306 e. The first kappa shape index (κ1) is 17.5. The molecule has 140 valence electrons. The molecule has 3 aliphatic rings. The van der Waals surface area contributed by atoms with Crippen molar-refractivity contribution in [1.29, 1.82) is 0 Å². The fourth-order valence-corrected chi connectivity index (χ4v) is 5.15. The summed E-state index contributed by atoms with van der Waals surface area (Å²) in [7, 11) is 0. The van der Waals surface area contributed by atoms with Crippen LogP contribution in [0.4, 0.5) is 5.69 Å². The second kappa shape index (κ2) is 7.03. The number of carbonyl (C=O) groups is 2. The molecule has 1 N–H and O–H groups in total. The lowest BCUT2D eigenvalue weighted by atomic mass is 9.68. The summed E-state index contributed by atoms with van der Waals surface area (Å²) in [6, 6.07) is 8.67. The third-order valence-corrected chi connectivity index (χ3v) is 6.53. The number of carbonyl (C=O) groups excluding carboxylic acids is 2. The number of amides is 1. The predicted molar refractivity (Wildman–Crippen MR) is 99.9 cm³/mol. The molecule has 1 atom stereocenters. The van der Waals surface area contributed by atoms with Gasteiger partial charge in [-0.2, -0.15) is 0 Å². The van der Waals surface area contributed by atoms with Crippen LogP contribution < -0.4 is 5.32 Å². The van der Waals surface area contributed by atoms with E-state index < -0.39 is 0 Å². The van der Waals surface area contributed by atoms with E-state index in [1.54, 1.807) is 0 Å². The molecular formula is C21H28N2O3. The van der Waals surface area contributed by atoms with Crippen molar-refractivity contribution in [1.82, 2.24) is 4.90 Å². The van der Waals surface area contributed by atoms with Crippen LogP contribution in [0.5, 0.6) is 0 Å². The van der Waals surface area contributed by atoms with Crippen molar-refractivity contribution in [3.63, 3.8) is 0 Å². The van der Waals surface area contributed by atoms with Crippen molar-refractivity contribution in [3.8, 4) is 0 Å². The van der Waals surface area contributed by atoms with E-state index in [-0.39, 0.29) is 17.3 Å². The first-order chi connectivity index (χ1) is 12.6. The summed E-state index contributed by atoms with van der Waals surface area (Å²) in [5, 5.41) is 3.08. The number of ether oxygens (including phenoxy) is 1. The van der Waals surface area contributed by atoms with E-state index in [9.17, 15) is 9.59 Å². The summed E-state index contributed by atoms with van der Waals surface area (Å²) in [4.78, 5) is 27.0. The molecule has 5 heteroatoms. The van der Waals surface area contributed by atoms with Crippen LogP contribution in [0.15, 0.2) is 24.3 Å². The molecule has 1 aliphatic carbocycles. The maximum absolute atomic E-state index is 12.7. The molecule has 0 unspecified atom stereocenters. The maximum Gasteiger partial charge on any atom is 0.306 e. The molecule has 0 bridgehead atoms. The SMILES string of the molecule is CCOC(=O)C[C@H]1CCN(C2CCC3(CC2)C(=O)Nc2ccccc23)C1. The average molecular weight is 356 g/mol. The molecule has 1 spiro atoms. The van der Waals surface area contributed by atoms with Crippen LogP contribution in [0.1, 0.15) is 51.0 Å². The molecule has 1 amide bonds. The summed E-state index contributed by atoms with van der Waals surface area (Å²) in [6.45, 7) is 4.36. The number of esters is 1. The van der Waals surface area contributed by atoms with Crippen molar-refractivity contribution in [2.45, 2.75) is 56.9 Å². The van der Waals surface area contributed by atoms with Gasteiger partial charge in [0.2, 0.25) is 5.91 Å². The van der Waals surface area contributed by atoms with Gasteiger partial charge in [0, 0.05) is 24.7 Å². The average Bonchev–Trinajstić information content (AvgIpc) is 3.20. The first-order valence-corrected chi connectivity index (χ1v) is 9.93. The highest BCUT2D eigenvalue weighted by Gasteiger charge is 2.49. The molecule has 0 aromatic heterocycles. The van der Waals surface area contributed by atoms with Crippen LogP contribution in [0, 0.1) is 5.92 Å². The monoisotopic (exact) mass is 356 g/mol. The van der Waals surface area contributed by atoms with Gasteiger partial charge in [0.05, 0.1) is 12.0 Å². The Morgan fingerprint density at radius 3 is 2.81 bits per heavy atom. The topological polar surface area (TPSA) is 58.6 Å². The number of hydrogen-bond donors (Lipinski definition) is 1. The Balaban J connectivity index is 1.36. The number of likely N-dealkylation sites (tertiary alicyclic amines) is 1. The molecule has 2 fully saturated rings. The minimum atomic E-state index is -0.322. The highest BCUT2D eigenvalue weighted by atomic mass is 16.5. The van der Waals surface area contributed by atoms with E-state index in [0.29, 0.717) is 25.0 Å². The molecule has 1 aromatic rings. The van der Waals surface area contributed by atoms with E-state index in [2.05, 4.69) is 16.3 Å². The Bertz CT molecular complexity index is 694. The highest BCUT2D eigenvalue weighted by molar-refractivity contribution is 6.06. The molecule has 1 saturated carbocycles. The Hall–Kier alpha value is -1.88. The second-order valence-corrected chi connectivity index (χ2v) is 7.97. The fraction of sp³-hybridized carbons (Fsp3) is 0.619. The summed E-state index contributed by atoms with van der Waals surface area (Å²) in [6.07, 6.45) is 5.54. The lowest BCUT2D eigenvalue weighted by Crippen LogP contribution is -2.44. The second-order valence-electron chi connectivity index (χ2n) is 7.97. The Kier molecular flexibility index (Phi) is 4.74. The zero-order chi connectivity index (χ0) is 18.1. The van der Waals surface area contributed by atoms with Gasteiger partial charge in [0.1, 0.15) is 0 Å². The van der Waals surface area contributed by atoms with E-state index in [0.717, 1.165) is 50.9 Å². The largest absolute Gasteiger partial charge is 0.466 e. The summed E-state index contributed by atoms with van der Waals surface area (Å²) in [5.41, 5.74) is 1.86. The first-order valence-electron chi connectivity index (χ1n) is 9.93. The lowest BCUT2D eigenvalue weighted by Gasteiger charge is -2.39. The van der Waals surface area contributed by atoms with E-state index in [4.69, 9.17) is 4.74 Å². The maximum atomic E-state index is 12.7. The van der Waals surface area contributed by atoms with Crippen molar-refractivity contribution in [2.24, 2.45) is 5.92 Å². The van der Waals surface area contributed by atoms with Gasteiger partial charge < -0.3 is 15.0 Å². The van der Waals surface area contributed by atoms with Crippen LogP contribution in [0.25, 0.3) is 0 Å². The van der Waals surface area contributed by atoms with Crippen molar-refractivity contribution in [3.05, 3.63) is 29.8 Å². The Morgan fingerprint density at radius 2 is 2.04 bits per heavy atom. The number of nitrogens with one attached hydrogen (secondary N) is 1. The molecule has 0 radical (unpaired) electrons. The lowest BCUT2D eigenvalue weighted by molar-refractivity contribution is -0.144. The number of para-hydroxylation sites is 1. The number of anilines is 1. The zero-order valence-electron chi connectivity index (χ0n) is 15.5. The van der Waals surface area contributed by atoms with Gasteiger partial charge in [-0.3, -0.25) is 9.59 Å². The predicted octanol–water partition coefficient (Wildman–Crippen LogP) is 3.09. The van der Waals surface area contributed by atoms with Crippen LogP contribution in [0.3, 0.4) is 0 Å². The molecule has 26 heavy (non-hydrogen) atoms. The normalized spacial score (nSPS) is 31.0. The van der Waals surface area contributed by atoms with E-state index in [1.165, 1.54) is 5.56 Å². The molecule has 4 rings (SSSR count). The Labute approximate surface area is 155 Å². The molecule has 2 aliphatic heterocycles. The van der Waals surface area contributed by atoms with Crippen LogP contribution in [-0.4, -0.2) is 42.5 Å². The fourth-order valence-electron chi connectivity index (χ4n) is 5.15. The van der Waals surface area contributed by atoms with Gasteiger partial charge in [0.15, 0.2) is 0 Å². The molecule has 1 aromatic carbocycles. The van der Waals surface area contributed by atoms with Gasteiger partial charge in [0.25, 0.3) is 0 Å². The quantitative estimate of drug-likeness (QED) is 0.842. The summed E-state index contributed by atoms with van der Waals surface area (Å²) >= 11 is 0. The number of rotatable bonds is 4. The summed E-state index contributed by atoms with van der Waals surface area (Å²) < 4.78 is 5.09. The third-order valence-electron chi connectivity index (χ3n) is 6.53. The molecular weight excluding hydrogens is 328 g/mol. The summed E-state index contributed by atoms with van der Waals surface area (Å²) in [5.74, 6) is 0.528. The minimum absolute atomic E-state index is 0.0684. The van der Waals surface area contributed by atoms with Gasteiger partial charge >= 0.3 is 5.97 Å². The van der Waals surface area contributed by atoms with Crippen LogP contribution >= 0.6 is 0 Å². The van der Waals surface area contributed by atoms with Crippen molar-refractivity contribution in [2.75, 3.05) is 25.0 Å². The zero-order valence-corrected chi connectivity index (χ0v) is 15.5. The van der Waals surface area contributed by atoms with Crippen LogP contribution in [0.2, 0.25) is 0 Å². The van der Waals surface area contributed by atoms with Crippen molar-refractivity contribution >= 4 is 17.6 Å². The highest BCUT2D eigenvalue weighted by Crippen LogP contribution is 2.48. The third kappa shape index (κ3) is 3.02. The van der Waals surface area contributed by atoms with E-state index >= 15 is 0 Å². The molecule has 2 heterocycles. The Morgan fingerprint density at radius 1 is 1.27 bits per heavy atom. The number of fused-ring (bicyclic) bond motifs is 2. The molecule has 1 saturated heterocycles. The number of nitrogens with zero attached hydrogens (tertiary/aromatic N) is 1.